The van der Waals surface area contributed by atoms with E-state index < -0.39 is 0 Å². The summed E-state index contributed by atoms with van der Waals surface area (Å²) in [5, 5.41) is 4.09. The van der Waals surface area contributed by atoms with Gasteiger partial charge in [0.25, 0.3) is 0 Å². The lowest BCUT2D eigenvalue weighted by atomic mass is 10.2. The molecule has 0 aliphatic carbocycles. The minimum atomic E-state index is -0.388. The highest BCUT2D eigenvalue weighted by atomic mass is 35.5. The summed E-state index contributed by atoms with van der Waals surface area (Å²) in [6, 6.07) is 6.79. The van der Waals surface area contributed by atoms with Crippen LogP contribution < -0.4 is 0 Å². The molecule has 3 nitrogen and oxygen atoms in total. The summed E-state index contributed by atoms with van der Waals surface area (Å²) in [4.78, 5) is 2.03. The Kier molecular flexibility index (Phi) is 4.56. The number of aromatic nitrogens is 1. The molecule has 0 amide bonds. The topological polar surface area (TPSA) is 29.3 Å². The van der Waals surface area contributed by atoms with Crippen molar-refractivity contribution in [2.75, 3.05) is 7.05 Å². The van der Waals surface area contributed by atoms with Crippen molar-refractivity contribution in [3.05, 3.63) is 52.1 Å². The van der Waals surface area contributed by atoms with Crippen molar-refractivity contribution in [1.82, 2.24) is 10.1 Å². The Bertz CT molecular complexity index is 556. The zero-order valence-corrected chi connectivity index (χ0v) is 11.7. The summed E-state index contributed by atoms with van der Waals surface area (Å²) >= 11 is 5.65. The maximum Gasteiger partial charge on any atom is 0.150 e. The molecule has 102 valence electrons. The van der Waals surface area contributed by atoms with E-state index in [9.17, 15) is 4.39 Å². The summed E-state index contributed by atoms with van der Waals surface area (Å²) in [6.45, 7) is 3.29. The summed E-state index contributed by atoms with van der Waals surface area (Å²) in [5.74, 6) is 0.425. The van der Waals surface area contributed by atoms with E-state index in [1.54, 1.807) is 6.07 Å². The zero-order valence-electron chi connectivity index (χ0n) is 11.0. The van der Waals surface area contributed by atoms with Crippen molar-refractivity contribution >= 4 is 11.6 Å². The lowest BCUT2D eigenvalue weighted by Crippen LogP contribution is -2.16. The van der Waals surface area contributed by atoms with Crippen LogP contribution in [0.25, 0.3) is 0 Å². The maximum atomic E-state index is 13.3. The minimum Gasteiger partial charge on any atom is -0.360 e. The van der Waals surface area contributed by atoms with Crippen LogP contribution in [0.15, 0.2) is 28.8 Å². The molecule has 0 aliphatic rings. The Hall–Kier alpha value is -1.39. The van der Waals surface area contributed by atoms with Gasteiger partial charge in [-0.25, -0.2) is 4.39 Å². The monoisotopic (exact) mass is 282 g/mol. The Balaban J connectivity index is 1.96. The molecule has 0 bridgehead atoms. The van der Waals surface area contributed by atoms with Gasteiger partial charge in [0.2, 0.25) is 0 Å². The fourth-order valence-electron chi connectivity index (χ4n) is 1.87. The summed E-state index contributed by atoms with van der Waals surface area (Å²) < 4.78 is 18.5. The highest BCUT2D eigenvalue weighted by Gasteiger charge is 2.08. The minimum absolute atomic E-state index is 0.147. The zero-order chi connectivity index (χ0) is 13.8. The van der Waals surface area contributed by atoms with Crippen LogP contribution in [0.2, 0.25) is 5.02 Å². The lowest BCUT2D eigenvalue weighted by molar-refractivity contribution is 0.265. The number of hydrogen-bond acceptors (Lipinski definition) is 3. The number of nitrogens with zero attached hydrogens (tertiary/aromatic N) is 2. The molecule has 0 spiro atoms. The van der Waals surface area contributed by atoms with Crippen LogP contribution in [0.3, 0.4) is 0 Å². The summed E-state index contributed by atoms with van der Waals surface area (Å²) in [7, 11) is 1.95. The molecule has 1 heterocycles. The maximum absolute atomic E-state index is 13.3. The second-order valence-corrected chi connectivity index (χ2v) is 4.97. The van der Waals surface area contributed by atoms with E-state index in [0.717, 1.165) is 23.4 Å². The van der Waals surface area contributed by atoms with Crippen molar-refractivity contribution in [1.29, 1.82) is 0 Å². The van der Waals surface area contributed by atoms with Gasteiger partial charge in [-0.05, 0) is 31.2 Å². The molecule has 1 aromatic heterocycles. The van der Waals surface area contributed by atoms with Gasteiger partial charge in [-0.3, -0.25) is 4.90 Å². The highest BCUT2D eigenvalue weighted by molar-refractivity contribution is 6.30. The molecule has 0 atom stereocenters. The fourth-order valence-corrected chi connectivity index (χ4v) is 1.99. The van der Waals surface area contributed by atoms with E-state index >= 15 is 0 Å². The first-order chi connectivity index (χ1) is 9.08. The van der Waals surface area contributed by atoms with Crippen molar-refractivity contribution in [3.63, 3.8) is 0 Å². The molecular weight excluding hydrogens is 267 g/mol. The largest absolute Gasteiger partial charge is 0.360 e. The molecule has 0 fully saturated rings. The quantitative estimate of drug-likeness (QED) is 0.838. The molecule has 0 saturated carbocycles. The molecule has 0 saturated heterocycles. The molecular formula is C14H16ClFN2O. The van der Waals surface area contributed by atoms with Gasteiger partial charge in [0.1, 0.15) is 5.82 Å². The average molecular weight is 283 g/mol. The van der Waals surface area contributed by atoms with Gasteiger partial charge in [-0.15, -0.1) is 0 Å². The molecule has 0 radical (unpaired) electrons. The van der Waals surface area contributed by atoms with Gasteiger partial charge in [0.05, 0.1) is 17.3 Å². The number of rotatable bonds is 5. The second-order valence-electron chi connectivity index (χ2n) is 4.56. The van der Waals surface area contributed by atoms with Crippen LogP contribution >= 0.6 is 11.6 Å². The van der Waals surface area contributed by atoms with Gasteiger partial charge < -0.3 is 4.52 Å². The van der Waals surface area contributed by atoms with Crippen molar-refractivity contribution in [2.45, 2.75) is 26.4 Å². The van der Waals surface area contributed by atoms with E-state index in [0.29, 0.717) is 13.1 Å². The van der Waals surface area contributed by atoms with E-state index in [-0.39, 0.29) is 10.8 Å². The third-order valence-electron chi connectivity index (χ3n) is 2.83. The molecule has 2 rings (SSSR count). The number of benzene rings is 1. The molecule has 19 heavy (non-hydrogen) atoms. The first-order valence-electron chi connectivity index (χ1n) is 6.15. The molecule has 5 heteroatoms. The molecule has 0 aliphatic heterocycles. The second kappa shape index (κ2) is 6.17. The van der Waals surface area contributed by atoms with Crippen molar-refractivity contribution < 1.29 is 8.91 Å². The Morgan fingerprint density at radius 3 is 2.74 bits per heavy atom. The van der Waals surface area contributed by atoms with Gasteiger partial charge >= 0.3 is 0 Å². The van der Waals surface area contributed by atoms with E-state index in [2.05, 4.69) is 5.16 Å². The smallest absolute Gasteiger partial charge is 0.150 e. The van der Waals surface area contributed by atoms with Crippen LogP contribution in [0.4, 0.5) is 4.39 Å². The molecule has 2 aromatic rings. The van der Waals surface area contributed by atoms with E-state index in [4.69, 9.17) is 16.1 Å². The van der Waals surface area contributed by atoms with Crippen LogP contribution in [0.1, 0.15) is 23.9 Å². The van der Waals surface area contributed by atoms with Gasteiger partial charge in [0, 0.05) is 12.6 Å². The van der Waals surface area contributed by atoms with E-state index in [1.807, 2.05) is 31.0 Å². The Labute approximate surface area is 117 Å². The number of aryl methyl sites for hydroxylation is 1. The Morgan fingerprint density at radius 2 is 2.11 bits per heavy atom. The third-order valence-corrected chi connectivity index (χ3v) is 3.14. The average Bonchev–Trinajstić information content (AvgIpc) is 2.81. The summed E-state index contributed by atoms with van der Waals surface area (Å²) in [5.41, 5.74) is 1.82. The fraction of sp³-hybridized carbons (Fsp3) is 0.357. The summed E-state index contributed by atoms with van der Waals surface area (Å²) in [6.07, 6.45) is 0.857. The third kappa shape index (κ3) is 3.78. The molecule has 1 aromatic carbocycles. The number of halogens is 2. The van der Waals surface area contributed by atoms with Crippen molar-refractivity contribution in [3.8, 4) is 0 Å². The van der Waals surface area contributed by atoms with Gasteiger partial charge in [0.15, 0.2) is 5.76 Å². The molecule has 0 unspecified atom stereocenters. The normalized spacial score (nSPS) is 11.2. The van der Waals surface area contributed by atoms with Crippen LogP contribution in [-0.4, -0.2) is 17.1 Å². The van der Waals surface area contributed by atoms with Crippen LogP contribution in [-0.2, 0) is 19.5 Å². The van der Waals surface area contributed by atoms with Crippen molar-refractivity contribution in [2.24, 2.45) is 0 Å². The van der Waals surface area contributed by atoms with E-state index in [1.165, 1.54) is 6.07 Å². The molecule has 0 N–H and O–H groups in total. The SMILES string of the molecule is CCc1cc(CN(C)Cc2ccc(Cl)c(F)c2)on1. The lowest BCUT2D eigenvalue weighted by Gasteiger charge is -2.14. The highest BCUT2D eigenvalue weighted by Crippen LogP contribution is 2.17. The first kappa shape index (κ1) is 14.0. The van der Waals surface area contributed by atoms with Crippen LogP contribution in [0.5, 0.6) is 0 Å². The predicted molar refractivity (Wildman–Crippen MR) is 72.5 cm³/mol. The number of hydrogen-bond donors (Lipinski definition) is 0. The van der Waals surface area contributed by atoms with Gasteiger partial charge in [-0.2, -0.15) is 0 Å². The predicted octanol–water partition coefficient (Wildman–Crippen LogP) is 3.66. The first-order valence-corrected chi connectivity index (χ1v) is 6.53. The standard InChI is InChI=1S/C14H16ClFN2O/c1-3-11-7-12(19-17-11)9-18(2)8-10-4-5-13(15)14(16)6-10/h4-7H,3,8-9H2,1-2H3. The van der Waals surface area contributed by atoms with Gasteiger partial charge in [-0.1, -0.05) is 29.7 Å². The van der Waals surface area contributed by atoms with Crippen LogP contribution in [0, 0.1) is 5.82 Å². The Morgan fingerprint density at radius 1 is 1.32 bits per heavy atom.